The lowest BCUT2D eigenvalue weighted by molar-refractivity contribution is -0.0313. The van der Waals surface area contributed by atoms with E-state index in [4.69, 9.17) is 116 Å². The Labute approximate surface area is 542 Å². The number of imidazole rings is 1. The maximum Gasteiger partial charge on any atom is 0.407 e. The van der Waals surface area contributed by atoms with Crippen molar-refractivity contribution in [3.05, 3.63) is 51.7 Å². The summed E-state index contributed by atoms with van der Waals surface area (Å²) in [7, 11) is 0. The average Bonchev–Trinajstić information content (AvgIpc) is 1.62. The number of carbonyl (C=O) groups excluding carboxylic acids is 1. The highest BCUT2D eigenvalue weighted by Crippen LogP contribution is 2.30. The van der Waals surface area contributed by atoms with Gasteiger partial charge in [0.1, 0.15) is 23.5 Å². The Balaban J connectivity index is 0.923. The molecule has 0 aliphatic carbocycles. The van der Waals surface area contributed by atoms with Crippen LogP contribution in [0.15, 0.2) is 29.4 Å². The summed E-state index contributed by atoms with van der Waals surface area (Å²) >= 11 is 0. The summed E-state index contributed by atoms with van der Waals surface area (Å²) in [5, 5.41) is 14.5. The van der Waals surface area contributed by atoms with Crippen LogP contribution in [0.3, 0.4) is 0 Å². The molecule has 0 spiro atoms. The molecule has 1 aromatic carbocycles. The molecule has 31 heteroatoms. The molecule has 3 aromatic rings. The molecule has 2 heterocycles. The fraction of sp³-hybridized carbons (Fsp3) is 0.803. The van der Waals surface area contributed by atoms with Crippen LogP contribution < -0.4 is 15.8 Å². The Morgan fingerprint density at radius 3 is 1.12 bits per heavy atom. The van der Waals surface area contributed by atoms with Gasteiger partial charge < -0.3 is 115 Å². The fourth-order valence-electron chi connectivity index (χ4n) is 7.66. The zero-order valence-electron chi connectivity index (χ0n) is 54.9. The van der Waals surface area contributed by atoms with Gasteiger partial charge in [-0.25, -0.2) is 9.78 Å². The zero-order chi connectivity index (χ0) is 65.5. The third-order valence-electron chi connectivity index (χ3n) is 12.2. The predicted octanol–water partition coefficient (Wildman–Crippen LogP) is 4.44. The van der Waals surface area contributed by atoms with Gasteiger partial charge in [-0.3, -0.25) is 0 Å². The number of aromatic nitrogens is 4. The monoisotopic (exact) mass is 1320 g/mol. The molecule has 31 nitrogen and oxygen atoms in total. The van der Waals surface area contributed by atoms with E-state index in [0.717, 1.165) is 41.7 Å². The first-order valence-corrected chi connectivity index (χ1v) is 32.1. The summed E-state index contributed by atoms with van der Waals surface area (Å²) in [5.74, 6) is 1.59. The van der Waals surface area contributed by atoms with E-state index < -0.39 is 6.09 Å². The topological polar surface area (TPSA) is 341 Å². The van der Waals surface area contributed by atoms with Gasteiger partial charge in [0.2, 0.25) is 0 Å². The highest BCUT2D eigenvalue weighted by molar-refractivity contribution is 5.88. The molecule has 0 atom stereocenters. The van der Waals surface area contributed by atoms with E-state index in [1.807, 2.05) is 38.1 Å². The number of carbonyl (C=O) groups is 1. The number of nitrogens with two attached hydrogens (primary N) is 1. The van der Waals surface area contributed by atoms with Crippen LogP contribution in [-0.4, -0.2) is 296 Å². The first-order valence-electron chi connectivity index (χ1n) is 32.1. The average molecular weight is 1320 g/mol. The summed E-state index contributed by atoms with van der Waals surface area (Å²) in [6.07, 6.45) is 2.18. The van der Waals surface area contributed by atoms with Gasteiger partial charge in [0, 0.05) is 31.0 Å². The first kappa shape index (κ1) is 81.4. The summed E-state index contributed by atoms with van der Waals surface area (Å²) in [6.45, 7) is 24.7. The van der Waals surface area contributed by atoms with Crippen molar-refractivity contribution in [3.63, 3.8) is 0 Å². The predicted molar refractivity (Wildman–Crippen MR) is 337 cm³/mol. The third-order valence-corrected chi connectivity index (χ3v) is 12.2. The number of alkyl carbamates (subject to hydrolysis) is 1. The lowest BCUT2D eigenvalue weighted by Crippen LogP contribution is -2.25. The van der Waals surface area contributed by atoms with Gasteiger partial charge >= 0.3 is 6.09 Å². The van der Waals surface area contributed by atoms with Gasteiger partial charge in [0.15, 0.2) is 5.82 Å². The second-order valence-corrected chi connectivity index (χ2v) is 19.9. The van der Waals surface area contributed by atoms with Crippen LogP contribution in [0.5, 0.6) is 5.88 Å². The van der Waals surface area contributed by atoms with E-state index in [-0.39, 0.29) is 25.1 Å². The van der Waals surface area contributed by atoms with E-state index in [0.29, 0.717) is 275 Å². The molecular weight excluding hydrogens is 1210 g/mol. The Morgan fingerprint density at radius 1 is 0.489 bits per heavy atom. The molecule has 0 radical (unpaired) electrons. The largest absolute Gasteiger partial charge is 0.472 e. The van der Waals surface area contributed by atoms with Gasteiger partial charge in [0.05, 0.1) is 257 Å². The Morgan fingerprint density at radius 2 is 0.804 bits per heavy atom. The van der Waals surface area contributed by atoms with Gasteiger partial charge in [-0.05, 0) is 36.9 Å². The number of ether oxygens (including phenoxy) is 21. The molecule has 1 amide bonds. The first-order chi connectivity index (χ1) is 45.4. The van der Waals surface area contributed by atoms with E-state index >= 15 is 0 Å². The summed E-state index contributed by atoms with van der Waals surface area (Å²) in [4.78, 5) is 19.8. The molecule has 0 fully saturated rings. The number of nitrogen functional groups attached to an aromatic ring is 1. The maximum atomic E-state index is 12.3. The number of amides is 1. The van der Waals surface area contributed by atoms with Gasteiger partial charge in [-0.15, -0.1) is 10.2 Å². The quantitative estimate of drug-likeness (QED) is 0.0341. The van der Waals surface area contributed by atoms with E-state index in [1.165, 1.54) is 0 Å². The van der Waals surface area contributed by atoms with Crippen molar-refractivity contribution in [3.8, 4) is 5.88 Å². The van der Waals surface area contributed by atoms with Crippen molar-refractivity contribution in [1.82, 2.24) is 25.1 Å². The van der Waals surface area contributed by atoms with Crippen LogP contribution in [0.4, 0.5) is 10.6 Å². The fourth-order valence-corrected chi connectivity index (χ4v) is 7.66. The molecule has 3 N–H and O–H groups in total. The lowest BCUT2D eigenvalue weighted by Gasteiger charge is -2.14. The van der Waals surface area contributed by atoms with Crippen molar-refractivity contribution >= 4 is 22.9 Å². The molecule has 0 saturated carbocycles. The molecule has 0 aliphatic rings. The van der Waals surface area contributed by atoms with Crippen LogP contribution in [0, 0.1) is 0 Å². The lowest BCUT2D eigenvalue weighted by atomic mass is 10.1. The number of hydrogen-bond acceptors (Lipinski definition) is 27. The molecule has 0 unspecified atom stereocenters. The number of fused-ring (bicyclic) bond motifs is 1. The smallest absolute Gasteiger partial charge is 0.407 e. The number of hydrogen-bond donors (Lipinski definition) is 2. The number of unbranched alkanes of at least 4 members (excludes halogenated alkanes) is 1. The van der Waals surface area contributed by atoms with Crippen LogP contribution in [0.1, 0.15) is 50.6 Å². The van der Waals surface area contributed by atoms with Crippen molar-refractivity contribution in [2.45, 2.75) is 59.2 Å². The van der Waals surface area contributed by atoms with Crippen molar-refractivity contribution in [2.24, 2.45) is 5.11 Å². The standard InChI is InChI=1S/C61H107N9O22/c1-4-5-6-56-66-57-58(60(92-53(2)3)68-67-59(57)62)70(56)52-55-9-7-54(8-10-55)51-64-61(71)91-50-49-90-48-47-89-46-45-88-44-43-87-42-41-86-40-39-85-38-37-84-36-35-83-34-33-82-32-31-81-30-29-80-28-27-79-26-25-78-24-23-77-22-21-76-20-19-75-18-17-74-16-15-73-14-13-72-12-11-65-69-63/h7-10,53H,4-6,11-52H2,1-3H3,(H2,62,67)(H,64,71). The number of nitrogens with one attached hydrogen (secondary N) is 1. The highest BCUT2D eigenvalue weighted by Gasteiger charge is 2.21. The molecule has 92 heavy (non-hydrogen) atoms. The van der Waals surface area contributed by atoms with Crippen LogP contribution >= 0.6 is 0 Å². The number of anilines is 1. The van der Waals surface area contributed by atoms with E-state index in [9.17, 15) is 4.79 Å². The van der Waals surface area contributed by atoms with Crippen molar-refractivity contribution in [2.75, 3.05) is 270 Å². The Bertz CT molecular complexity index is 2210. The summed E-state index contributed by atoms with van der Waals surface area (Å²) < 4.78 is 118. The minimum atomic E-state index is -0.524. The number of aryl methyl sites for hydroxylation is 1. The second kappa shape index (κ2) is 61.1. The van der Waals surface area contributed by atoms with Gasteiger partial charge in [-0.2, -0.15) is 0 Å². The van der Waals surface area contributed by atoms with Gasteiger partial charge in [-0.1, -0.05) is 42.7 Å². The molecular formula is C61H107N9O22. The highest BCUT2D eigenvalue weighted by atomic mass is 16.6. The Kier molecular flexibility index (Phi) is 54.1. The zero-order valence-corrected chi connectivity index (χ0v) is 54.9. The van der Waals surface area contributed by atoms with Crippen LogP contribution in [0.25, 0.3) is 21.5 Å². The van der Waals surface area contributed by atoms with Crippen LogP contribution in [-0.2, 0) is 114 Å². The van der Waals surface area contributed by atoms with Gasteiger partial charge in [0.25, 0.3) is 5.88 Å². The number of benzene rings is 1. The van der Waals surface area contributed by atoms with Crippen LogP contribution in [0.2, 0.25) is 0 Å². The molecule has 0 saturated heterocycles. The molecule has 3 rings (SSSR count). The maximum absolute atomic E-state index is 12.3. The SMILES string of the molecule is CCCCc1nc2c(N)nnc(OC(C)C)c2n1Cc1ccc(CNC(=O)OCCOCCOCCOCCOCCOCCOCCOCCOCCOCCOCCOCCOCCOCCOCCOCCOCCOCCOCCOCCN=[N+]=[N-])cc1. The Hall–Kier alpha value is -4.81. The second-order valence-electron chi connectivity index (χ2n) is 19.9. The number of rotatable bonds is 69. The normalized spacial score (nSPS) is 11.6. The number of azide groups is 1. The van der Waals surface area contributed by atoms with E-state index in [2.05, 4.69) is 37.0 Å². The van der Waals surface area contributed by atoms with E-state index in [1.54, 1.807) is 0 Å². The number of nitrogens with zero attached hydrogens (tertiary/aromatic N) is 7. The molecule has 0 bridgehead atoms. The summed E-state index contributed by atoms with van der Waals surface area (Å²) in [5.41, 5.74) is 17.7. The minimum Gasteiger partial charge on any atom is -0.472 e. The van der Waals surface area contributed by atoms with Crippen molar-refractivity contribution in [1.29, 1.82) is 0 Å². The van der Waals surface area contributed by atoms with Crippen molar-refractivity contribution < 1.29 is 104 Å². The summed E-state index contributed by atoms with van der Waals surface area (Å²) in [6, 6.07) is 7.99. The molecule has 2 aromatic heterocycles. The molecule has 0 aliphatic heterocycles. The third kappa shape index (κ3) is 46.3. The molecule has 528 valence electrons. The minimum absolute atomic E-state index is 0.0921.